The fourth-order valence-electron chi connectivity index (χ4n) is 3.76. The molecule has 2 heterocycles. The molecule has 0 atom stereocenters. The third-order valence-corrected chi connectivity index (χ3v) is 6.70. The molecule has 0 saturated heterocycles. The van der Waals surface area contributed by atoms with Crippen LogP contribution in [0.1, 0.15) is 36.7 Å². The number of pyridine rings is 1. The van der Waals surface area contributed by atoms with Crippen LogP contribution < -0.4 is 5.32 Å². The van der Waals surface area contributed by atoms with Crippen LogP contribution in [0.5, 0.6) is 5.75 Å². The first-order valence-corrected chi connectivity index (χ1v) is 11.7. The van der Waals surface area contributed by atoms with E-state index in [9.17, 15) is 9.90 Å². The van der Waals surface area contributed by atoms with Crippen molar-refractivity contribution in [1.82, 2.24) is 9.88 Å². The molecule has 2 N–H and O–H groups in total. The number of phenolic OH excluding ortho intramolecular Hbond substituents is 1. The van der Waals surface area contributed by atoms with Gasteiger partial charge in [0.25, 0.3) is 0 Å². The second-order valence-electron chi connectivity index (χ2n) is 7.47. The second-order valence-corrected chi connectivity index (χ2v) is 8.53. The number of benzene rings is 2. The molecule has 0 spiro atoms. The van der Waals surface area contributed by atoms with Gasteiger partial charge in [-0.05, 0) is 44.3 Å². The maximum atomic E-state index is 12.7. The molecule has 0 bridgehead atoms. The summed E-state index contributed by atoms with van der Waals surface area (Å²) in [7, 11) is 0. The molecule has 0 fully saturated rings. The SMILES string of the molecule is CCOC(=O)c1cnc2c(sc3ccccc32)c1Nc1ccc(O)c(CN(CC)CC)c1. The maximum absolute atomic E-state index is 12.7. The molecule has 166 valence electrons. The van der Waals surface area contributed by atoms with E-state index in [-0.39, 0.29) is 12.4 Å². The molecule has 7 heteroatoms. The fourth-order valence-corrected chi connectivity index (χ4v) is 4.92. The van der Waals surface area contributed by atoms with Crippen LogP contribution >= 0.6 is 11.3 Å². The van der Waals surface area contributed by atoms with Crippen LogP contribution in [-0.2, 0) is 11.3 Å². The molecule has 0 radical (unpaired) electrons. The van der Waals surface area contributed by atoms with Gasteiger partial charge >= 0.3 is 5.97 Å². The van der Waals surface area contributed by atoms with Crippen molar-refractivity contribution in [3.05, 3.63) is 59.8 Å². The number of thiophene rings is 1. The molecule has 0 aliphatic carbocycles. The van der Waals surface area contributed by atoms with Crippen LogP contribution in [0.15, 0.2) is 48.7 Å². The van der Waals surface area contributed by atoms with Crippen molar-refractivity contribution in [2.45, 2.75) is 27.3 Å². The molecule has 2 aromatic heterocycles. The number of phenols is 1. The van der Waals surface area contributed by atoms with Crippen molar-refractivity contribution in [2.75, 3.05) is 25.0 Å². The Hall–Kier alpha value is -3.16. The number of hydrogen-bond acceptors (Lipinski definition) is 7. The highest BCUT2D eigenvalue weighted by Crippen LogP contribution is 2.40. The van der Waals surface area contributed by atoms with E-state index >= 15 is 0 Å². The van der Waals surface area contributed by atoms with Crippen molar-refractivity contribution in [3.8, 4) is 5.75 Å². The number of aromatic nitrogens is 1. The zero-order valence-electron chi connectivity index (χ0n) is 18.5. The first-order chi connectivity index (χ1) is 15.5. The first-order valence-electron chi connectivity index (χ1n) is 10.8. The van der Waals surface area contributed by atoms with E-state index < -0.39 is 5.97 Å². The topological polar surface area (TPSA) is 74.7 Å². The number of hydrogen-bond donors (Lipinski definition) is 2. The van der Waals surface area contributed by atoms with Crippen LogP contribution in [-0.4, -0.2) is 40.7 Å². The van der Waals surface area contributed by atoms with E-state index in [1.807, 2.05) is 30.3 Å². The van der Waals surface area contributed by atoms with E-state index in [0.717, 1.165) is 44.6 Å². The van der Waals surface area contributed by atoms with Crippen molar-refractivity contribution in [2.24, 2.45) is 0 Å². The molecular formula is C25H27N3O3S. The van der Waals surface area contributed by atoms with Crippen LogP contribution in [0.3, 0.4) is 0 Å². The fraction of sp³-hybridized carbons (Fsp3) is 0.280. The third kappa shape index (κ3) is 4.26. The summed E-state index contributed by atoms with van der Waals surface area (Å²) in [5.74, 6) is -0.154. The number of nitrogens with one attached hydrogen (secondary N) is 1. The summed E-state index contributed by atoms with van der Waals surface area (Å²) in [4.78, 5) is 19.5. The number of nitrogens with zero attached hydrogens (tertiary/aromatic N) is 2. The molecule has 0 aliphatic rings. The Balaban J connectivity index is 1.82. The Morgan fingerprint density at radius 1 is 1.16 bits per heavy atom. The lowest BCUT2D eigenvalue weighted by molar-refractivity contribution is 0.0527. The standard InChI is InChI=1S/C25H27N3O3S/c1-4-28(5-2)15-16-13-17(11-12-20(16)29)27-23-19(25(30)31-6-3)14-26-22-18-9-7-8-10-21(18)32-24(22)23/h7-14,29H,4-6,15H2,1-3H3,(H,26,27). The summed E-state index contributed by atoms with van der Waals surface area (Å²) in [6.45, 7) is 8.72. The molecule has 32 heavy (non-hydrogen) atoms. The molecular weight excluding hydrogens is 422 g/mol. The lowest BCUT2D eigenvalue weighted by atomic mass is 10.1. The number of rotatable bonds is 8. The van der Waals surface area contributed by atoms with Crippen molar-refractivity contribution in [1.29, 1.82) is 0 Å². The van der Waals surface area contributed by atoms with Gasteiger partial charge in [0.15, 0.2) is 0 Å². The number of carbonyl (C=O) groups excluding carboxylic acids is 1. The van der Waals surface area contributed by atoms with E-state index in [2.05, 4.69) is 35.1 Å². The van der Waals surface area contributed by atoms with Crippen LogP contribution in [0, 0.1) is 0 Å². The Labute approximate surface area is 191 Å². The highest BCUT2D eigenvalue weighted by molar-refractivity contribution is 7.26. The van der Waals surface area contributed by atoms with Crippen molar-refractivity contribution < 1.29 is 14.6 Å². The van der Waals surface area contributed by atoms with Gasteiger partial charge < -0.3 is 15.2 Å². The van der Waals surface area contributed by atoms with E-state index in [1.54, 1.807) is 30.5 Å². The largest absolute Gasteiger partial charge is 0.508 e. The summed E-state index contributed by atoms with van der Waals surface area (Å²) in [6.07, 6.45) is 1.58. The molecule has 4 rings (SSSR count). The quantitative estimate of drug-likeness (QED) is 0.257. The number of anilines is 2. The number of carbonyl (C=O) groups is 1. The van der Waals surface area contributed by atoms with E-state index in [4.69, 9.17) is 4.74 Å². The summed E-state index contributed by atoms with van der Waals surface area (Å²) >= 11 is 1.59. The smallest absolute Gasteiger partial charge is 0.341 e. The second kappa shape index (κ2) is 9.54. The highest BCUT2D eigenvalue weighted by Gasteiger charge is 2.20. The minimum atomic E-state index is -0.413. The average Bonchev–Trinajstić information content (AvgIpc) is 3.19. The summed E-state index contributed by atoms with van der Waals surface area (Å²) in [5.41, 5.74) is 3.54. The van der Waals surface area contributed by atoms with Crippen molar-refractivity contribution >= 4 is 49.0 Å². The molecule has 0 saturated carbocycles. The summed E-state index contributed by atoms with van der Waals surface area (Å²) in [5, 5.41) is 14.9. The van der Waals surface area contributed by atoms with Crippen molar-refractivity contribution in [3.63, 3.8) is 0 Å². The van der Waals surface area contributed by atoms with Gasteiger partial charge in [0.05, 0.1) is 22.5 Å². The monoisotopic (exact) mass is 449 g/mol. The van der Waals surface area contributed by atoms with E-state index in [1.165, 1.54) is 0 Å². The Bertz CT molecular complexity index is 1260. The Morgan fingerprint density at radius 2 is 1.94 bits per heavy atom. The maximum Gasteiger partial charge on any atom is 0.341 e. The normalized spacial score (nSPS) is 11.4. The number of esters is 1. The third-order valence-electron chi connectivity index (χ3n) is 5.52. The molecule has 4 aromatic rings. The summed E-state index contributed by atoms with van der Waals surface area (Å²) in [6, 6.07) is 13.5. The zero-order valence-corrected chi connectivity index (χ0v) is 19.3. The van der Waals surface area contributed by atoms with Gasteiger partial charge in [-0.3, -0.25) is 9.88 Å². The highest BCUT2D eigenvalue weighted by atomic mass is 32.1. The lowest BCUT2D eigenvalue weighted by Crippen LogP contribution is -2.22. The lowest BCUT2D eigenvalue weighted by Gasteiger charge is -2.20. The van der Waals surface area contributed by atoms with Crippen LogP contribution in [0.2, 0.25) is 0 Å². The predicted molar refractivity (Wildman–Crippen MR) is 131 cm³/mol. The van der Waals surface area contributed by atoms with Gasteiger partial charge in [0.2, 0.25) is 0 Å². The number of aromatic hydroxyl groups is 1. The van der Waals surface area contributed by atoms with Gasteiger partial charge in [-0.15, -0.1) is 11.3 Å². The molecule has 0 unspecified atom stereocenters. The average molecular weight is 450 g/mol. The Kier molecular flexibility index (Phi) is 6.58. The van der Waals surface area contributed by atoms with Crippen LogP contribution in [0.4, 0.5) is 11.4 Å². The van der Waals surface area contributed by atoms with Gasteiger partial charge in [0, 0.05) is 34.1 Å². The first kappa shape index (κ1) is 22.0. The molecule has 2 aromatic carbocycles. The molecule has 0 amide bonds. The van der Waals surface area contributed by atoms with E-state index in [0.29, 0.717) is 17.8 Å². The van der Waals surface area contributed by atoms with Gasteiger partial charge in [-0.1, -0.05) is 32.0 Å². The van der Waals surface area contributed by atoms with Crippen LogP contribution in [0.25, 0.3) is 20.3 Å². The minimum absolute atomic E-state index is 0.259. The molecule has 6 nitrogen and oxygen atoms in total. The minimum Gasteiger partial charge on any atom is -0.508 e. The van der Waals surface area contributed by atoms with Gasteiger partial charge in [-0.25, -0.2) is 4.79 Å². The molecule has 0 aliphatic heterocycles. The van der Waals surface area contributed by atoms with Gasteiger partial charge in [0.1, 0.15) is 11.3 Å². The number of fused-ring (bicyclic) bond motifs is 3. The summed E-state index contributed by atoms with van der Waals surface area (Å²) < 4.78 is 7.29. The Morgan fingerprint density at radius 3 is 2.69 bits per heavy atom. The number of ether oxygens (including phenoxy) is 1. The van der Waals surface area contributed by atoms with Gasteiger partial charge in [-0.2, -0.15) is 0 Å². The predicted octanol–water partition coefficient (Wildman–Crippen LogP) is 5.92. The zero-order chi connectivity index (χ0) is 22.7.